The summed E-state index contributed by atoms with van der Waals surface area (Å²) in [4.78, 5) is 10.3. The van der Waals surface area contributed by atoms with Crippen LogP contribution in [0.4, 0.5) is 0 Å². The maximum atomic E-state index is 5.17. The molecule has 0 saturated carbocycles. The highest BCUT2D eigenvalue weighted by Gasteiger charge is 2.24. The van der Waals surface area contributed by atoms with E-state index in [0.717, 1.165) is 39.5 Å². The van der Waals surface area contributed by atoms with E-state index in [2.05, 4.69) is 179 Å². The molecule has 11 aromatic rings. The first kappa shape index (κ1) is 28.8. The Balaban J connectivity index is 1.20. The molecule has 8 aromatic carbocycles. The molecule has 52 heavy (non-hydrogen) atoms. The molecule has 0 radical (unpaired) electrons. The summed E-state index contributed by atoms with van der Waals surface area (Å²) in [5.41, 5.74) is 11.9. The molecular formula is C48H30N4. The van der Waals surface area contributed by atoms with Crippen LogP contribution in [0.5, 0.6) is 0 Å². The Labute approximate surface area is 299 Å². The van der Waals surface area contributed by atoms with Crippen LogP contribution in [0.25, 0.3) is 99.7 Å². The van der Waals surface area contributed by atoms with E-state index in [9.17, 15) is 0 Å². The Morgan fingerprint density at radius 3 is 1.52 bits per heavy atom. The summed E-state index contributed by atoms with van der Waals surface area (Å²) in [6, 6.07) is 64.6. The second-order valence-corrected chi connectivity index (χ2v) is 13.4. The summed E-state index contributed by atoms with van der Waals surface area (Å²) in [5, 5.41) is 7.60. The molecule has 3 aromatic heterocycles. The molecule has 0 N–H and O–H groups in total. The van der Waals surface area contributed by atoms with Crippen molar-refractivity contribution in [1.29, 1.82) is 0 Å². The fourth-order valence-corrected chi connectivity index (χ4v) is 8.28. The van der Waals surface area contributed by atoms with E-state index in [4.69, 9.17) is 9.97 Å². The van der Waals surface area contributed by atoms with Gasteiger partial charge in [-0.2, -0.15) is 0 Å². The summed E-state index contributed by atoms with van der Waals surface area (Å²) >= 11 is 0. The van der Waals surface area contributed by atoms with Gasteiger partial charge in [-0.3, -0.25) is 0 Å². The highest BCUT2D eigenvalue weighted by molar-refractivity contribution is 6.38. The first-order valence-electron chi connectivity index (χ1n) is 17.7. The molecule has 11 rings (SSSR count). The van der Waals surface area contributed by atoms with Crippen LogP contribution in [-0.4, -0.2) is 19.1 Å². The Bertz CT molecular complexity index is 3040. The van der Waals surface area contributed by atoms with Crippen molar-refractivity contribution in [3.05, 3.63) is 182 Å². The zero-order valence-electron chi connectivity index (χ0n) is 28.1. The lowest BCUT2D eigenvalue weighted by Crippen LogP contribution is -1.98. The van der Waals surface area contributed by atoms with Crippen molar-refractivity contribution in [2.75, 3.05) is 0 Å². The van der Waals surface area contributed by atoms with Gasteiger partial charge in [0.25, 0.3) is 0 Å². The molecule has 242 valence electrons. The first-order valence-corrected chi connectivity index (χ1v) is 17.7. The normalized spacial score (nSPS) is 11.8. The van der Waals surface area contributed by atoms with Crippen LogP contribution in [-0.2, 0) is 0 Å². The molecular weight excluding hydrogens is 633 g/mol. The van der Waals surface area contributed by atoms with Crippen LogP contribution in [0.3, 0.4) is 0 Å². The average Bonchev–Trinajstić information content (AvgIpc) is 3.76. The van der Waals surface area contributed by atoms with Gasteiger partial charge in [-0.1, -0.05) is 133 Å². The van der Waals surface area contributed by atoms with Gasteiger partial charge in [-0.25, -0.2) is 9.97 Å². The van der Waals surface area contributed by atoms with Gasteiger partial charge >= 0.3 is 0 Å². The van der Waals surface area contributed by atoms with Crippen molar-refractivity contribution in [1.82, 2.24) is 19.1 Å². The minimum atomic E-state index is 0.696. The van der Waals surface area contributed by atoms with Crippen molar-refractivity contribution in [2.45, 2.75) is 0 Å². The van der Waals surface area contributed by atoms with Crippen molar-refractivity contribution in [3.63, 3.8) is 0 Å². The lowest BCUT2D eigenvalue weighted by atomic mass is 9.97. The molecule has 0 amide bonds. The second-order valence-electron chi connectivity index (χ2n) is 13.4. The smallest absolute Gasteiger partial charge is 0.160 e. The molecule has 0 atom stereocenters. The SMILES string of the molecule is c1ccc(-c2cc(-c3ccccc3)nc(-c3cccc(-n4c5ccccc5c5c6cccc7c6c6c(cccc6n7-c6ccccc6)c54)c3)n2)cc1. The fourth-order valence-electron chi connectivity index (χ4n) is 8.28. The number of hydrogen-bond donors (Lipinski definition) is 0. The van der Waals surface area contributed by atoms with Crippen LogP contribution < -0.4 is 0 Å². The number of aromatic nitrogens is 4. The molecule has 3 heterocycles. The molecule has 0 bridgehead atoms. The van der Waals surface area contributed by atoms with Crippen LogP contribution in [0, 0.1) is 0 Å². The minimum Gasteiger partial charge on any atom is -0.309 e. The molecule has 0 aliphatic rings. The maximum Gasteiger partial charge on any atom is 0.160 e. The highest BCUT2D eigenvalue weighted by atomic mass is 15.0. The summed E-state index contributed by atoms with van der Waals surface area (Å²) in [6.45, 7) is 0. The van der Waals surface area contributed by atoms with E-state index < -0.39 is 0 Å². The standard InChI is InChI=1S/C48H30N4/c1-4-15-31(16-5-1)39-30-40(32-17-6-2-7-18-32)50-48(49-39)33-19-12-22-35(29-33)52-41-26-11-10-23-36(41)44-37-24-13-27-42-45(37)46-38(47(44)52)25-14-28-43(46)51(42)34-20-8-3-9-21-34/h1-30H. The number of rotatable bonds is 5. The van der Waals surface area contributed by atoms with Gasteiger partial charge in [-0.15, -0.1) is 0 Å². The third kappa shape index (κ3) is 4.21. The summed E-state index contributed by atoms with van der Waals surface area (Å²) in [6.07, 6.45) is 0. The lowest BCUT2D eigenvalue weighted by molar-refractivity contribution is 1.16. The van der Waals surface area contributed by atoms with E-state index in [0.29, 0.717) is 5.82 Å². The monoisotopic (exact) mass is 662 g/mol. The number of hydrogen-bond acceptors (Lipinski definition) is 2. The van der Waals surface area contributed by atoms with Gasteiger partial charge in [0.2, 0.25) is 0 Å². The van der Waals surface area contributed by atoms with Crippen molar-refractivity contribution in [3.8, 4) is 45.3 Å². The van der Waals surface area contributed by atoms with Crippen LogP contribution in [0.2, 0.25) is 0 Å². The second kappa shape index (κ2) is 11.2. The van der Waals surface area contributed by atoms with E-state index in [1.54, 1.807) is 0 Å². The largest absolute Gasteiger partial charge is 0.309 e. The molecule has 0 aliphatic carbocycles. The van der Waals surface area contributed by atoms with Crippen molar-refractivity contribution < 1.29 is 0 Å². The van der Waals surface area contributed by atoms with E-state index >= 15 is 0 Å². The van der Waals surface area contributed by atoms with Crippen LogP contribution >= 0.6 is 0 Å². The molecule has 0 spiro atoms. The zero-order chi connectivity index (χ0) is 34.2. The van der Waals surface area contributed by atoms with Gasteiger partial charge in [0.15, 0.2) is 5.82 Å². The van der Waals surface area contributed by atoms with Crippen molar-refractivity contribution in [2.24, 2.45) is 0 Å². The van der Waals surface area contributed by atoms with Gasteiger partial charge in [0.05, 0.1) is 33.5 Å². The van der Waals surface area contributed by atoms with E-state index in [1.165, 1.54) is 54.4 Å². The Hall–Kier alpha value is -7.04. The number of fused-ring (bicyclic) bond motifs is 5. The number of benzene rings is 8. The van der Waals surface area contributed by atoms with E-state index in [-0.39, 0.29) is 0 Å². The predicted molar refractivity (Wildman–Crippen MR) is 216 cm³/mol. The Morgan fingerprint density at radius 1 is 0.327 bits per heavy atom. The topological polar surface area (TPSA) is 35.6 Å². The van der Waals surface area contributed by atoms with E-state index in [1.807, 2.05) is 12.1 Å². The number of para-hydroxylation sites is 2. The Kier molecular flexibility index (Phi) is 6.22. The zero-order valence-corrected chi connectivity index (χ0v) is 28.1. The fraction of sp³-hybridized carbons (Fsp3) is 0. The maximum absolute atomic E-state index is 5.17. The molecule has 4 nitrogen and oxygen atoms in total. The quantitative estimate of drug-likeness (QED) is 0.172. The van der Waals surface area contributed by atoms with Gasteiger partial charge in [-0.05, 0) is 53.9 Å². The lowest BCUT2D eigenvalue weighted by Gasteiger charge is -2.13. The summed E-state index contributed by atoms with van der Waals surface area (Å²) < 4.78 is 4.86. The van der Waals surface area contributed by atoms with Crippen molar-refractivity contribution >= 4 is 54.4 Å². The predicted octanol–water partition coefficient (Wildman–Crippen LogP) is 12.3. The van der Waals surface area contributed by atoms with Crippen LogP contribution in [0.1, 0.15) is 0 Å². The summed E-state index contributed by atoms with van der Waals surface area (Å²) in [5.74, 6) is 0.696. The molecule has 0 saturated heterocycles. The highest BCUT2D eigenvalue weighted by Crippen LogP contribution is 2.47. The molecule has 0 aliphatic heterocycles. The molecule has 0 unspecified atom stereocenters. The number of nitrogens with zero attached hydrogens (tertiary/aromatic N) is 4. The minimum absolute atomic E-state index is 0.696. The Morgan fingerprint density at radius 2 is 0.827 bits per heavy atom. The molecule has 0 fully saturated rings. The first-order chi connectivity index (χ1) is 25.8. The summed E-state index contributed by atoms with van der Waals surface area (Å²) in [7, 11) is 0. The third-order valence-corrected chi connectivity index (χ3v) is 10.5. The van der Waals surface area contributed by atoms with Gasteiger partial charge < -0.3 is 9.13 Å². The molecule has 4 heteroatoms. The third-order valence-electron chi connectivity index (χ3n) is 10.5. The van der Waals surface area contributed by atoms with Gasteiger partial charge in [0.1, 0.15) is 0 Å². The van der Waals surface area contributed by atoms with Gasteiger partial charge in [0, 0.05) is 55.0 Å². The van der Waals surface area contributed by atoms with Crippen LogP contribution in [0.15, 0.2) is 182 Å². The average molecular weight is 663 g/mol.